The van der Waals surface area contributed by atoms with Crippen LogP contribution < -0.4 is 4.90 Å². The first kappa shape index (κ1) is 28.5. The maximum absolute atomic E-state index is 12.8. The third kappa shape index (κ3) is 5.88. The third-order valence-electron chi connectivity index (χ3n) is 8.50. The summed E-state index contributed by atoms with van der Waals surface area (Å²) >= 11 is 1.54. The first-order valence-corrected chi connectivity index (χ1v) is 14.7. The molecule has 3 fully saturated rings. The molecule has 0 spiro atoms. The van der Waals surface area contributed by atoms with Gasteiger partial charge in [-0.1, -0.05) is 31.9 Å². The summed E-state index contributed by atoms with van der Waals surface area (Å²) in [5.74, 6) is 0.866. The monoisotopic (exact) mass is 542 g/mol. The molecule has 2 aromatic rings. The number of nitrogens with zero attached hydrogens (tertiary/aromatic N) is 4. The van der Waals surface area contributed by atoms with Gasteiger partial charge in [-0.3, -0.25) is 23.8 Å². The van der Waals surface area contributed by atoms with Crippen LogP contribution in [0.3, 0.4) is 0 Å². The lowest BCUT2D eigenvalue weighted by Gasteiger charge is -2.44. The van der Waals surface area contributed by atoms with Gasteiger partial charge in [0.2, 0.25) is 18.5 Å². The Morgan fingerprint density at radius 3 is 2.45 bits per heavy atom. The van der Waals surface area contributed by atoms with Gasteiger partial charge >= 0.3 is 5.97 Å². The van der Waals surface area contributed by atoms with Crippen molar-refractivity contribution in [2.45, 2.75) is 58.3 Å². The Morgan fingerprint density at radius 1 is 1.08 bits per heavy atom. The first-order chi connectivity index (χ1) is 18.0. The standard InChI is InChI=1S/C28H39N4O4S.CH3/c1-2-9-25(33)36-20-32(17-8-7-14-31-27(34)21-10-3-4-11-22(21)28(31)35)18-15-30(16-19-32)26-23-12-5-6-13-24(23)37-29-26;/h5-6,12-13,21-22H,2-4,7-11,14-20H2,1H3;1H3/q+1;-1. The number of anilines is 1. The van der Waals surface area contributed by atoms with Crippen LogP contribution in [0.4, 0.5) is 5.82 Å². The highest BCUT2D eigenvalue weighted by Crippen LogP contribution is 2.38. The van der Waals surface area contributed by atoms with E-state index in [1.165, 1.54) is 26.5 Å². The smallest absolute Gasteiger partial charge is 0.310 e. The molecule has 1 aromatic carbocycles. The van der Waals surface area contributed by atoms with Gasteiger partial charge in [0, 0.05) is 18.4 Å². The molecule has 0 bridgehead atoms. The van der Waals surface area contributed by atoms with Crippen molar-refractivity contribution in [1.29, 1.82) is 0 Å². The molecule has 38 heavy (non-hydrogen) atoms. The molecule has 2 atom stereocenters. The molecule has 208 valence electrons. The van der Waals surface area contributed by atoms with Crippen LogP contribution >= 0.6 is 11.5 Å². The number of likely N-dealkylation sites (tertiary alicyclic amines) is 1. The van der Waals surface area contributed by atoms with E-state index in [4.69, 9.17) is 9.11 Å². The van der Waals surface area contributed by atoms with E-state index in [9.17, 15) is 14.4 Å². The fraction of sp³-hybridized carbons (Fsp3) is 0.621. The normalized spacial score (nSPS) is 22.9. The largest absolute Gasteiger partial charge is 0.415 e. The van der Waals surface area contributed by atoms with E-state index in [0.717, 1.165) is 88.0 Å². The average molecular weight is 543 g/mol. The predicted molar refractivity (Wildman–Crippen MR) is 150 cm³/mol. The van der Waals surface area contributed by atoms with Crippen LogP contribution in [0.1, 0.15) is 58.3 Å². The number of benzene rings is 1. The van der Waals surface area contributed by atoms with Crippen molar-refractivity contribution >= 4 is 45.2 Å². The van der Waals surface area contributed by atoms with Gasteiger partial charge in [0.25, 0.3) is 0 Å². The number of unbranched alkanes of at least 4 members (excludes halogenated alkanes) is 1. The van der Waals surface area contributed by atoms with Crippen molar-refractivity contribution in [3.63, 3.8) is 0 Å². The summed E-state index contributed by atoms with van der Waals surface area (Å²) in [4.78, 5) is 41.7. The summed E-state index contributed by atoms with van der Waals surface area (Å²) in [6.07, 6.45) is 6.73. The fourth-order valence-electron chi connectivity index (χ4n) is 6.27. The van der Waals surface area contributed by atoms with Crippen molar-refractivity contribution in [1.82, 2.24) is 9.27 Å². The van der Waals surface area contributed by atoms with E-state index in [0.29, 0.717) is 19.7 Å². The Balaban J connectivity index is 0.00000336. The van der Waals surface area contributed by atoms with Gasteiger partial charge in [-0.05, 0) is 55.8 Å². The Labute approximate surface area is 230 Å². The summed E-state index contributed by atoms with van der Waals surface area (Å²) in [5, 5.41) is 1.20. The van der Waals surface area contributed by atoms with Crippen molar-refractivity contribution in [3.05, 3.63) is 31.7 Å². The maximum atomic E-state index is 12.8. The Kier molecular flexibility index (Phi) is 9.41. The number of aromatic nitrogens is 1. The van der Waals surface area contributed by atoms with Crippen LogP contribution in [0.5, 0.6) is 0 Å². The number of hydrogen-bond acceptors (Lipinski definition) is 7. The number of imide groups is 1. The van der Waals surface area contributed by atoms with Crippen LogP contribution in [0.25, 0.3) is 10.1 Å². The van der Waals surface area contributed by atoms with Crippen molar-refractivity contribution < 1.29 is 23.6 Å². The van der Waals surface area contributed by atoms with Gasteiger partial charge in [0.15, 0.2) is 5.82 Å². The molecule has 2 amide bonds. The summed E-state index contributed by atoms with van der Waals surface area (Å²) in [6, 6.07) is 8.35. The van der Waals surface area contributed by atoms with Crippen molar-refractivity contribution in [2.24, 2.45) is 11.8 Å². The van der Waals surface area contributed by atoms with Gasteiger partial charge in [-0.2, -0.15) is 4.37 Å². The molecule has 1 aromatic heterocycles. The van der Waals surface area contributed by atoms with E-state index in [2.05, 4.69) is 23.1 Å². The Hall–Kier alpha value is -2.52. The highest BCUT2D eigenvalue weighted by Gasteiger charge is 2.47. The number of ether oxygens (including phenoxy) is 1. The highest BCUT2D eigenvalue weighted by molar-refractivity contribution is 7.13. The van der Waals surface area contributed by atoms with Gasteiger partial charge < -0.3 is 17.1 Å². The number of amides is 2. The molecular formula is C29H42N4O4S. The summed E-state index contributed by atoms with van der Waals surface area (Å²) in [6.45, 7) is 7.20. The first-order valence-electron chi connectivity index (χ1n) is 14.0. The summed E-state index contributed by atoms with van der Waals surface area (Å²) in [7, 11) is 0. The van der Waals surface area contributed by atoms with E-state index >= 15 is 0 Å². The fourth-order valence-corrected chi connectivity index (χ4v) is 7.07. The molecular weight excluding hydrogens is 500 g/mol. The molecule has 1 aliphatic carbocycles. The van der Waals surface area contributed by atoms with Crippen LogP contribution in [0.15, 0.2) is 24.3 Å². The second kappa shape index (κ2) is 12.6. The van der Waals surface area contributed by atoms with Gasteiger partial charge in [-0.25, -0.2) is 0 Å². The third-order valence-corrected chi connectivity index (χ3v) is 9.31. The van der Waals surface area contributed by atoms with Crippen LogP contribution in [0, 0.1) is 19.3 Å². The minimum absolute atomic E-state index is 0. The quantitative estimate of drug-likeness (QED) is 0.143. The summed E-state index contributed by atoms with van der Waals surface area (Å²) in [5.41, 5.74) is 0. The highest BCUT2D eigenvalue weighted by atomic mass is 32.1. The molecule has 0 N–H and O–H groups in total. The lowest BCUT2D eigenvalue weighted by molar-refractivity contribution is -0.944. The zero-order valence-corrected chi connectivity index (χ0v) is 23.7. The van der Waals surface area contributed by atoms with E-state index < -0.39 is 0 Å². The maximum Gasteiger partial charge on any atom is 0.310 e. The SMILES string of the molecule is CCCC(=O)OC[N+]1(CCCCN2C(=O)C3CCCCC3C2=O)CCN(c2nsc3ccccc23)CC1.[CH3-]. The number of piperazine rings is 1. The number of rotatable bonds is 10. The van der Waals surface area contributed by atoms with Gasteiger partial charge in [0.1, 0.15) is 0 Å². The molecule has 9 heteroatoms. The van der Waals surface area contributed by atoms with Gasteiger partial charge in [0.05, 0.1) is 49.3 Å². The lowest BCUT2D eigenvalue weighted by Crippen LogP contribution is -2.61. The van der Waals surface area contributed by atoms with Gasteiger partial charge in [-0.15, -0.1) is 0 Å². The number of hydrogen-bond donors (Lipinski definition) is 0. The van der Waals surface area contributed by atoms with Crippen molar-refractivity contribution in [3.8, 4) is 0 Å². The van der Waals surface area contributed by atoms with E-state index in [1.54, 1.807) is 0 Å². The lowest BCUT2D eigenvalue weighted by atomic mass is 9.81. The topological polar surface area (TPSA) is 79.8 Å². The molecule has 2 aliphatic heterocycles. The number of carbonyl (C=O) groups is 3. The van der Waals surface area contributed by atoms with Crippen LogP contribution in [-0.4, -0.2) is 77.5 Å². The minimum Gasteiger partial charge on any atom is -0.415 e. The van der Waals surface area contributed by atoms with E-state index in [1.807, 2.05) is 13.0 Å². The number of carbonyl (C=O) groups excluding carboxylic acids is 3. The number of quaternary nitrogens is 1. The average Bonchev–Trinajstić information content (AvgIpc) is 3.46. The second-order valence-electron chi connectivity index (χ2n) is 10.9. The molecule has 2 unspecified atom stereocenters. The second-order valence-corrected chi connectivity index (χ2v) is 11.7. The van der Waals surface area contributed by atoms with Crippen LogP contribution in [0.2, 0.25) is 0 Å². The molecule has 8 nitrogen and oxygen atoms in total. The molecule has 3 aliphatic rings. The zero-order chi connectivity index (χ0) is 25.8. The minimum atomic E-state index is -0.135. The number of fused-ring (bicyclic) bond motifs is 2. The predicted octanol–water partition coefficient (Wildman–Crippen LogP) is 4.64. The van der Waals surface area contributed by atoms with Crippen molar-refractivity contribution in [2.75, 3.05) is 50.9 Å². The Bertz CT molecular complexity index is 1100. The van der Waals surface area contributed by atoms with Crippen LogP contribution in [-0.2, 0) is 19.1 Å². The molecule has 3 heterocycles. The zero-order valence-electron chi connectivity index (χ0n) is 22.9. The molecule has 1 saturated carbocycles. The molecule has 5 rings (SSSR count). The number of esters is 1. The summed E-state index contributed by atoms with van der Waals surface area (Å²) < 4.78 is 12.4. The molecule has 0 radical (unpaired) electrons. The molecule has 2 saturated heterocycles. The van der Waals surface area contributed by atoms with E-state index in [-0.39, 0.29) is 37.0 Å². The Morgan fingerprint density at radius 2 is 1.76 bits per heavy atom.